The van der Waals surface area contributed by atoms with Gasteiger partial charge in [0.1, 0.15) is 8.42 Å². The molecule has 16 heteroatoms. The van der Waals surface area contributed by atoms with E-state index in [1.807, 2.05) is 71.7 Å². The van der Waals surface area contributed by atoms with Crippen LogP contribution in [0.15, 0.2) is 69.1 Å². The number of aliphatic hydroxyl groups is 2. The van der Waals surface area contributed by atoms with E-state index < -0.39 is 32.4 Å². The van der Waals surface area contributed by atoms with E-state index >= 15 is 0 Å². The zero-order valence-electron chi connectivity index (χ0n) is 31.6. The van der Waals surface area contributed by atoms with Crippen molar-refractivity contribution in [2.45, 2.75) is 105 Å². The van der Waals surface area contributed by atoms with Gasteiger partial charge in [0.15, 0.2) is 0 Å². The van der Waals surface area contributed by atoms with Crippen molar-refractivity contribution in [3.05, 3.63) is 117 Å². The molecule has 4 aromatic heterocycles. The monoisotopic (exact) mass is 848 g/mol. The second kappa shape index (κ2) is 15.6. The molecule has 8 rings (SSSR count). The number of nitrogens with zero attached hydrogens (tertiary/aromatic N) is 4. The zero-order valence-corrected chi connectivity index (χ0v) is 34.8. The first-order valence-electron chi connectivity index (χ1n) is 19.0. The van der Waals surface area contributed by atoms with Crippen LogP contribution in [0, 0.1) is 13.8 Å². The predicted octanol–water partition coefficient (Wildman–Crippen LogP) is 7.66. The van der Waals surface area contributed by atoms with Crippen molar-refractivity contribution in [3.63, 3.8) is 0 Å². The molecule has 2 aliphatic carbocycles. The molecule has 2 aromatic carbocycles. The predicted molar refractivity (Wildman–Crippen MR) is 219 cm³/mol. The minimum Gasteiger partial charge on any atom is -0.387 e. The number of unbranched alkanes of at least 4 members (excludes halogenated alkanes) is 2. The standard InChI is InChI=1S/C41H44N4O8S4/c1-24-8-12-26(13-9-24)22-44-38-30(18-16-28-20-34(54-40(28)38)56(48,49)50)36(42-44)32(46)6-4-3-5-7-33(47)37-31-19-17-29-21-35(57(51,52)53)55-41(29)39(31)45(43-37)23-27-14-10-25(2)11-15-27/h8-15,20-21,32-33,46-47H,3-7,16-19,22-23H2,1-2H3,(H,48,49,50)(H,51,52,53). The Kier molecular flexibility index (Phi) is 10.9. The number of hydrogen-bond acceptors (Lipinski definition) is 10. The maximum Gasteiger partial charge on any atom is 0.304 e. The Bertz CT molecular complexity index is 2490. The molecule has 4 heterocycles. The van der Waals surface area contributed by atoms with Crippen LogP contribution in [-0.2, 0) is 59.0 Å². The van der Waals surface area contributed by atoms with Crippen molar-refractivity contribution in [1.29, 1.82) is 0 Å². The summed E-state index contributed by atoms with van der Waals surface area (Å²) in [5.41, 5.74) is 10.5. The van der Waals surface area contributed by atoms with Crippen LogP contribution in [-0.4, -0.2) is 55.7 Å². The Hall–Kier alpha value is -4.00. The quantitative estimate of drug-likeness (QED) is 0.0627. The van der Waals surface area contributed by atoms with Gasteiger partial charge in [-0.25, -0.2) is 0 Å². The lowest BCUT2D eigenvalue weighted by molar-refractivity contribution is 0.148. The summed E-state index contributed by atoms with van der Waals surface area (Å²) in [4.78, 5) is 1.49. The van der Waals surface area contributed by atoms with Crippen molar-refractivity contribution < 1.29 is 36.2 Å². The molecule has 0 bridgehead atoms. The number of aromatic nitrogens is 4. The highest BCUT2D eigenvalue weighted by Crippen LogP contribution is 2.45. The lowest BCUT2D eigenvalue weighted by Gasteiger charge is -2.17. The minimum absolute atomic E-state index is 0.103. The number of fused-ring (bicyclic) bond motifs is 6. The summed E-state index contributed by atoms with van der Waals surface area (Å²) in [6, 6.07) is 19.3. The maximum atomic E-state index is 12.1. The van der Waals surface area contributed by atoms with E-state index in [0.29, 0.717) is 75.8 Å². The summed E-state index contributed by atoms with van der Waals surface area (Å²) in [5.74, 6) is 0. The minimum atomic E-state index is -4.37. The average molecular weight is 849 g/mol. The zero-order chi connectivity index (χ0) is 40.2. The molecule has 0 radical (unpaired) electrons. The first-order chi connectivity index (χ1) is 27.1. The van der Waals surface area contributed by atoms with Crippen LogP contribution in [0.2, 0.25) is 0 Å². The van der Waals surface area contributed by atoms with Gasteiger partial charge in [0.05, 0.1) is 57.8 Å². The molecule has 300 valence electrons. The molecule has 0 saturated carbocycles. The number of benzene rings is 2. The summed E-state index contributed by atoms with van der Waals surface area (Å²) >= 11 is 2.05. The van der Waals surface area contributed by atoms with E-state index in [4.69, 9.17) is 10.2 Å². The van der Waals surface area contributed by atoms with Gasteiger partial charge >= 0.3 is 20.2 Å². The number of thiophene rings is 2. The van der Waals surface area contributed by atoms with Gasteiger partial charge in [0.2, 0.25) is 0 Å². The first kappa shape index (κ1) is 39.8. The van der Waals surface area contributed by atoms with E-state index in [0.717, 1.165) is 94.7 Å². The Morgan fingerprint density at radius 2 is 1.00 bits per heavy atom. The third-order valence-corrected chi connectivity index (χ3v) is 15.9. The van der Waals surface area contributed by atoms with Gasteiger partial charge in [-0.15, -0.1) is 22.7 Å². The molecule has 6 aromatic rings. The van der Waals surface area contributed by atoms with Gasteiger partial charge in [-0.3, -0.25) is 18.5 Å². The van der Waals surface area contributed by atoms with Crippen LogP contribution < -0.4 is 0 Å². The topological polar surface area (TPSA) is 185 Å². The molecule has 2 unspecified atom stereocenters. The highest BCUT2D eigenvalue weighted by atomic mass is 32.3. The second-order valence-electron chi connectivity index (χ2n) is 15.2. The van der Waals surface area contributed by atoms with Crippen molar-refractivity contribution in [1.82, 2.24) is 19.6 Å². The van der Waals surface area contributed by atoms with Gasteiger partial charge in [0.25, 0.3) is 0 Å². The molecule has 0 fully saturated rings. The number of aryl methyl sites for hydroxylation is 4. The van der Waals surface area contributed by atoms with Crippen LogP contribution in [0.25, 0.3) is 21.1 Å². The molecule has 2 aliphatic rings. The lowest BCUT2D eigenvalue weighted by Crippen LogP contribution is -2.07. The highest BCUT2D eigenvalue weighted by molar-refractivity contribution is 7.88. The molecule has 0 aliphatic heterocycles. The number of rotatable bonds is 14. The molecular weight excluding hydrogens is 805 g/mol. The SMILES string of the molecule is Cc1ccc(Cn2nc(C(O)CCCCCC(O)c3nn(Cc4ccc(C)cc4)c4c3CCc3cc(S(=O)(=O)O)sc3-4)c3c2-c2sc(S(=O)(=O)O)cc2CC3)cc1. The fourth-order valence-electron chi connectivity index (χ4n) is 8.01. The summed E-state index contributed by atoms with van der Waals surface area (Å²) in [7, 11) is -8.74. The van der Waals surface area contributed by atoms with Crippen molar-refractivity contribution in [2.75, 3.05) is 0 Å². The Morgan fingerprint density at radius 1 is 0.614 bits per heavy atom. The third kappa shape index (κ3) is 8.19. The van der Waals surface area contributed by atoms with E-state index in [1.54, 1.807) is 0 Å². The van der Waals surface area contributed by atoms with Crippen molar-refractivity contribution in [2.24, 2.45) is 0 Å². The summed E-state index contributed by atoms with van der Waals surface area (Å²) < 4.78 is 71.3. The van der Waals surface area contributed by atoms with Gasteiger partial charge in [0, 0.05) is 11.1 Å². The van der Waals surface area contributed by atoms with Gasteiger partial charge in [-0.1, -0.05) is 78.9 Å². The fraction of sp³-hybridized carbons (Fsp3) is 0.366. The molecule has 0 spiro atoms. The van der Waals surface area contributed by atoms with E-state index in [2.05, 4.69) is 0 Å². The van der Waals surface area contributed by atoms with Gasteiger partial charge in [-0.05, 0) is 86.8 Å². The molecule has 0 saturated heterocycles. The fourth-order valence-corrected chi connectivity index (χ4v) is 12.0. The summed E-state index contributed by atoms with van der Waals surface area (Å²) in [6.07, 6.45) is 3.64. The van der Waals surface area contributed by atoms with E-state index in [1.165, 1.54) is 12.1 Å². The molecule has 12 nitrogen and oxygen atoms in total. The summed E-state index contributed by atoms with van der Waals surface area (Å²) in [6.45, 7) is 4.91. The number of hydrogen-bond donors (Lipinski definition) is 4. The molecule has 0 amide bonds. The normalized spacial score (nSPS) is 14.8. The van der Waals surface area contributed by atoms with Crippen molar-refractivity contribution in [3.8, 4) is 21.1 Å². The Labute approximate surface area is 340 Å². The van der Waals surface area contributed by atoms with Gasteiger partial charge < -0.3 is 10.2 Å². The van der Waals surface area contributed by atoms with E-state index in [-0.39, 0.29) is 8.42 Å². The van der Waals surface area contributed by atoms with Crippen LogP contribution in [0.3, 0.4) is 0 Å². The van der Waals surface area contributed by atoms with Crippen LogP contribution in [0.4, 0.5) is 0 Å². The molecule has 2 atom stereocenters. The number of aliphatic hydroxyl groups excluding tert-OH is 2. The first-order valence-corrected chi connectivity index (χ1v) is 23.5. The third-order valence-electron chi connectivity index (χ3n) is 11.0. The average Bonchev–Trinajstić information content (AvgIpc) is 3.95. The molecular formula is C41H44N4O8S4. The largest absolute Gasteiger partial charge is 0.387 e. The van der Waals surface area contributed by atoms with Gasteiger partial charge in [-0.2, -0.15) is 27.0 Å². The Morgan fingerprint density at radius 3 is 1.37 bits per heavy atom. The van der Waals surface area contributed by atoms with Crippen molar-refractivity contribution >= 4 is 42.9 Å². The molecule has 57 heavy (non-hydrogen) atoms. The van der Waals surface area contributed by atoms with E-state index in [9.17, 15) is 36.2 Å². The smallest absolute Gasteiger partial charge is 0.304 e. The highest BCUT2D eigenvalue weighted by Gasteiger charge is 2.33. The Balaban J connectivity index is 0.974. The molecule has 4 N–H and O–H groups in total. The van der Waals surface area contributed by atoms with Crippen LogP contribution in [0.5, 0.6) is 0 Å². The lowest BCUT2D eigenvalue weighted by atomic mass is 9.92. The summed E-state index contributed by atoms with van der Waals surface area (Å²) in [5, 5.41) is 32.9. The van der Waals surface area contributed by atoms with Crippen LogP contribution >= 0.6 is 22.7 Å². The second-order valence-corrected chi connectivity index (χ2v) is 20.6. The maximum absolute atomic E-state index is 12.1. The van der Waals surface area contributed by atoms with Crippen LogP contribution in [0.1, 0.15) is 100 Å².